The highest BCUT2D eigenvalue weighted by molar-refractivity contribution is 7.18. The lowest BCUT2D eigenvalue weighted by atomic mass is 10.1. The zero-order valence-corrected chi connectivity index (χ0v) is 16.6. The predicted octanol–water partition coefficient (Wildman–Crippen LogP) is 3.31. The number of aromatic nitrogens is 1. The number of thiazole rings is 1. The van der Waals surface area contributed by atoms with Gasteiger partial charge in [0.05, 0.1) is 22.8 Å². The minimum Gasteiger partial charge on any atom is -0.346 e. The van der Waals surface area contributed by atoms with Gasteiger partial charge in [-0.1, -0.05) is 36.4 Å². The molecule has 0 bridgehead atoms. The highest BCUT2D eigenvalue weighted by Gasteiger charge is 2.26. The van der Waals surface area contributed by atoms with Gasteiger partial charge in [-0.05, 0) is 36.1 Å². The molecule has 146 valence electrons. The van der Waals surface area contributed by atoms with Crippen molar-refractivity contribution in [2.75, 3.05) is 19.6 Å². The van der Waals surface area contributed by atoms with E-state index in [4.69, 9.17) is 0 Å². The van der Waals surface area contributed by atoms with Crippen LogP contribution in [0.5, 0.6) is 0 Å². The summed E-state index contributed by atoms with van der Waals surface area (Å²) < 4.78 is 0.919. The first-order valence-electron chi connectivity index (χ1n) is 9.57. The molecule has 3 aromatic rings. The number of carbonyl (C=O) groups is 2. The summed E-state index contributed by atoms with van der Waals surface area (Å²) in [4.78, 5) is 30.9. The first-order chi connectivity index (χ1) is 14.2. The molecule has 1 atom stereocenters. The number of hydrogen-bond acceptors (Lipinski definition) is 5. The van der Waals surface area contributed by atoms with Crippen LogP contribution in [-0.4, -0.2) is 41.3 Å². The highest BCUT2D eigenvalue weighted by atomic mass is 32.1. The van der Waals surface area contributed by atoms with Gasteiger partial charge in [-0.15, -0.1) is 11.3 Å². The van der Waals surface area contributed by atoms with Crippen LogP contribution in [0.3, 0.4) is 0 Å². The molecule has 0 spiro atoms. The summed E-state index contributed by atoms with van der Waals surface area (Å²) in [6.07, 6.45) is 1.99. The van der Waals surface area contributed by atoms with Crippen LogP contribution in [0.2, 0.25) is 0 Å². The second-order valence-corrected chi connectivity index (χ2v) is 8.03. The summed E-state index contributed by atoms with van der Waals surface area (Å²) in [5, 5.41) is 12.6. The second-order valence-electron chi connectivity index (χ2n) is 6.97. The van der Waals surface area contributed by atoms with Crippen LogP contribution in [-0.2, 0) is 9.59 Å². The third-order valence-electron chi connectivity index (χ3n) is 5.02. The van der Waals surface area contributed by atoms with Gasteiger partial charge in [-0.3, -0.25) is 9.59 Å². The molecule has 1 aliphatic rings. The predicted molar refractivity (Wildman–Crippen MR) is 112 cm³/mol. The van der Waals surface area contributed by atoms with Crippen LogP contribution in [0.1, 0.15) is 23.8 Å². The fraction of sp³-hybridized carbons (Fsp3) is 0.273. The number of nitrogens with one attached hydrogen (secondary N) is 1. The van der Waals surface area contributed by atoms with E-state index in [2.05, 4.69) is 10.3 Å². The Morgan fingerprint density at radius 2 is 1.90 bits per heavy atom. The molecule has 0 radical (unpaired) electrons. The molecule has 1 fully saturated rings. The molecule has 4 rings (SSSR count). The average molecular weight is 404 g/mol. The lowest BCUT2D eigenvalue weighted by Crippen LogP contribution is -2.40. The molecule has 2 heterocycles. The quantitative estimate of drug-likeness (QED) is 0.707. The van der Waals surface area contributed by atoms with Crippen LogP contribution in [0.4, 0.5) is 0 Å². The SMILES string of the molecule is N#CC(C(=O)NCC(=O)N1CCCC1)c1nc2ccc(-c3ccccc3)cc2s1. The lowest BCUT2D eigenvalue weighted by molar-refractivity contribution is -0.132. The van der Waals surface area contributed by atoms with Crippen molar-refractivity contribution in [3.63, 3.8) is 0 Å². The maximum absolute atomic E-state index is 12.5. The summed E-state index contributed by atoms with van der Waals surface area (Å²) >= 11 is 1.34. The number of rotatable bonds is 5. The summed E-state index contributed by atoms with van der Waals surface area (Å²) in [7, 11) is 0. The smallest absolute Gasteiger partial charge is 0.244 e. The van der Waals surface area contributed by atoms with Crippen molar-refractivity contribution in [2.45, 2.75) is 18.8 Å². The van der Waals surface area contributed by atoms with Crippen molar-refractivity contribution in [1.29, 1.82) is 5.26 Å². The van der Waals surface area contributed by atoms with Crippen LogP contribution >= 0.6 is 11.3 Å². The third-order valence-corrected chi connectivity index (χ3v) is 6.11. The van der Waals surface area contributed by atoms with E-state index in [1.807, 2.05) is 54.6 Å². The summed E-state index contributed by atoms with van der Waals surface area (Å²) in [6, 6.07) is 17.9. The molecular weight excluding hydrogens is 384 g/mol. The van der Waals surface area contributed by atoms with Gasteiger partial charge >= 0.3 is 0 Å². The van der Waals surface area contributed by atoms with Crippen molar-refractivity contribution in [2.24, 2.45) is 0 Å². The first kappa shape index (κ1) is 19.1. The van der Waals surface area contributed by atoms with Crippen LogP contribution in [0.15, 0.2) is 48.5 Å². The Balaban J connectivity index is 1.50. The minimum atomic E-state index is -1.03. The van der Waals surface area contributed by atoms with E-state index in [0.29, 0.717) is 5.01 Å². The van der Waals surface area contributed by atoms with Gasteiger partial charge in [-0.2, -0.15) is 5.26 Å². The molecule has 1 unspecified atom stereocenters. The zero-order valence-electron chi connectivity index (χ0n) is 15.8. The molecular formula is C22H20N4O2S. The molecule has 1 aliphatic heterocycles. The Morgan fingerprint density at radius 3 is 2.62 bits per heavy atom. The maximum Gasteiger partial charge on any atom is 0.244 e. The van der Waals surface area contributed by atoms with E-state index in [1.165, 1.54) is 11.3 Å². The third kappa shape index (κ3) is 4.13. The number of amides is 2. The molecule has 2 amide bonds. The Labute approximate surface area is 172 Å². The largest absolute Gasteiger partial charge is 0.346 e. The van der Waals surface area contributed by atoms with E-state index in [0.717, 1.165) is 47.3 Å². The molecule has 0 saturated carbocycles. The molecule has 29 heavy (non-hydrogen) atoms. The van der Waals surface area contributed by atoms with Gasteiger partial charge < -0.3 is 10.2 Å². The molecule has 1 saturated heterocycles. The van der Waals surface area contributed by atoms with Gasteiger partial charge in [0.2, 0.25) is 11.8 Å². The summed E-state index contributed by atoms with van der Waals surface area (Å²) in [6.45, 7) is 1.38. The Bertz CT molecular complexity index is 1080. The standard InChI is InChI=1S/C22H20N4O2S/c23-13-17(21(28)24-14-20(27)26-10-4-5-11-26)22-25-18-9-8-16(12-19(18)29-22)15-6-2-1-3-7-15/h1-3,6-9,12,17H,4-5,10-11,14H2,(H,24,28). The zero-order chi connectivity index (χ0) is 20.2. The molecule has 7 heteroatoms. The van der Waals surface area contributed by atoms with Crippen LogP contribution in [0.25, 0.3) is 21.3 Å². The van der Waals surface area contributed by atoms with Gasteiger partial charge in [0, 0.05) is 13.1 Å². The fourth-order valence-electron chi connectivity index (χ4n) is 3.45. The summed E-state index contributed by atoms with van der Waals surface area (Å²) in [5.41, 5.74) is 2.91. The lowest BCUT2D eigenvalue weighted by Gasteiger charge is -2.16. The topological polar surface area (TPSA) is 86.1 Å². The molecule has 6 nitrogen and oxygen atoms in total. The Kier molecular flexibility index (Phi) is 5.54. The van der Waals surface area contributed by atoms with E-state index < -0.39 is 11.8 Å². The van der Waals surface area contributed by atoms with Crippen molar-refractivity contribution < 1.29 is 9.59 Å². The second kappa shape index (κ2) is 8.41. The molecule has 0 aliphatic carbocycles. The number of fused-ring (bicyclic) bond motifs is 1. The molecule has 2 aromatic carbocycles. The highest BCUT2D eigenvalue weighted by Crippen LogP contribution is 2.31. The number of carbonyl (C=O) groups excluding carboxylic acids is 2. The number of likely N-dealkylation sites (tertiary alicyclic amines) is 1. The summed E-state index contributed by atoms with van der Waals surface area (Å²) in [5.74, 6) is -1.62. The van der Waals surface area contributed by atoms with Crippen molar-refractivity contribution in [3.05, 3.63) is 53.5 Å². The molecule has 1 aromatic heterocycles. The van der Waals surface area contributed by atoms with Gasteiger partial charge in [0.15, 0.2) is 5.92 Å². The normalized spacial score (nSPS) is 14.5. The monoisotopic (exact) mass is 404 g/mol. The van der Waals surface area contributed by atoms with Gasteiger partial charge in [0.1, 0.15) is 5.01 Å². The van der Waals surface area contributed by atoms with Crippen molar-refractivity contribution >= 4 is 33.4 Å². The number of nitrogens with zero attached hydrogens (tertiary/aromatic N) is 3. The van der Waals surface area contributed by atoms with Crippen LogP contribution < -0.4 is 5.32 Å². The van der Waals surface area contributed by atoms with Crippen molar-refractivity contribution in [1.82, 2.24) is 15.2 Å². The first-order valence-corrected chi connectivity index (χ1v) is 10.4. The van der Waals surface area contributed by atoms with E-state index in [1.54, 1.807) is 4.90 Å². The van der Waals surface area contributed by atoms with Gasteiger partial charge in [-0.25, -0.2) is 4.98 Å². The maximum atomic E-state index is 12.5. The minimum absolute atomic E-state index is 0.0833. The number of hydrogen-bond donors (Lipinski definition) is 1. The van der Waals surface area contributed by atoms with E-state index in [-0.39, 0.29) is 12.5 Å². The number of nitriles is 1. The van der Waals surface area contributed by atoms with Crippen LogP contribution in [0, 0.1) is 11.3 Å². The van der Waals surface area contributed by atoms with Gasteiger partial charge in [0.25, 0.3) is 0 Å². The molecule has 1 N–H and O–H groups in total. The van der Waals surface area contributed by atoms with Crippen molar-refractivity contribution in [3.8, 4) is 17.2 Å². The Morgan fingerprint density at radius 1 is 1.14 bits per heavy atom. The Hall–Kier alpha value is -3.24. The van der Waals surface area contributed by atoms with E-state index in [9.17, 15) is 14.9 Å². The average Bonchev–Trinajstić information content (AvgIpc) is 3.42. The fourth-order valence-corrected chi connectivity index (χ4v) is 4.50. The van der Waals surface area contributed by atoms with E-state index >= 15 is 0 Å². The number of benzene rings is 2.